The van der Waals surface area contributed by atoms with E-state index >= 15 is 0 Å². The van der Waals surface area contributed by atoms with Gasteiger partial charge in [-0.1, -0.05) is 54.6 Å². The van der Waals surface area contributed by atoms with E-state index in [0.717, 1.165) is 45.6 Å². The summed E-state index contributed by atoms with van der Waals surface area (Å²) >= 11 is 0. The van der Waals surface area contributed by atoms with Crippen LogP contribution in [0.1, 0.15) is 35.6 Å². The van der Waals surface area contributed by atoms with Crippen LogP contribution in [0.25, 0.3) is 0 Å². The van der Waals surface area contributed by atoms with E-state index in [0.29, 0.717) is 13.2 Å². The molecule has 0 amide bonds. The molecule has 1 aliphatic carbocycles. The Morgan fingerprint density at radius 1 is 0.929 bits per heavy atom. The molecule has 0 spiro atoms. The van der Waals surface area contributed by atoms with Crippen LogP contribution < -0.4 is 0 Å². The van der Waals surface area contributed by atoms with Gasteiger partial charge in [-0.2, -0.15) is 0 Å². The Morgan fingerprint density at radius 2 is 1.64 bits per heavy atom. The summed E-state index contributed by atoms with van der Waals surface area (Å²) in [6, 6.07) is 19.2. The molecule has 2 aromatic rings. The van der Waals surface area contributed by atoms with E-state index < -0.39 is 6.10 Å². The lowest BCUT2D eigenvalue weighted by Crippen LogP contribution is -2.48. The number of hydrogen-bond acceptors (Lipinski definition) is 4. The highest BCUT2D eigenvalue weighted by Crippen LogP contribution is 2.32. The lowest BCUT2D eigenvalue weighted by molar-refractivity contribution is -0.0325. The first-order chi connectivity index (χ1) is 13.8. The molecule has 2 aromatic carbocycles. The molecular weight excluding hydrogens is 348 g/mol. The van der Waals surface area contributed by atoms with Crippen LogP contribution in [-0.2, 0) is 17.7 Å². The number of fused-ring (bicyclic) bond motifs is 1. The first-order valence-electron chi connectivity index (χ1n) is 10.6. The van der Waals surface area contributed by atoms with E-state index in [1.54, 1.807) is 0 Å². The molecular formula is C24H32N2O2. The summed E-state index contributed by atoms with van der Waals surface area (Å²) in [4.78, 5) is 4.86. The van der Waals surface area contributed by atoms with Gasteiger partial charge in [-0.15, -0.1) is 0 Å². The molecule has 0 unspecified atom stereocenters. The number of piperazine rings is 1. The lowest BCUT2D eigenvalue weighted by atomic mass is 9.89. The molecule has 1 fully saturated rings. The molecule has 2 aliphatic rings. The van der Waals surface area contributed by atoms with Gasteiger partial charge in [0.1, 0.15) is 0 Å². The minimum atomic E-state index is -0.422. The summed E-state index contributed by atoms with van der Waals surface area (Å²) in [5, 5.41) is 10.5. The summed E-state index contributed by atoms with van der Waals surface area (Å²) in [6.45, 7) is 6.27. The van der Waals surface area contributed by atoms with E-state index in [2.05, 4.69) is 64.4 Å². The summed E-state index contributed by atoms with van der Waals surface area (Å²) < 4.78 is 6.13. The van der Waals surface area contributed by atoms with Gasteiger partial charge in [0.05, 0.1) is 18.8 Å². The molecule has 0 saturated carbocycles. The van der Waals surface area contributed by atoms with Crippen LogP contribution in [0.3, 0.4) is 0 Å². The maximum atomic E-state index is 10.5. The number of aliphatic hydroxyl groups excluding tert-OH is 1. The molecule has 1 N–H and O–H groups in total. The Kier molecular flexibility index (Phi) is 6.76. The summed E-state index contributed by atoms with van der Waals surface area (Å²) in [7, 11) is 0. The van der Waals surface area contributed by atoms with Crippen molar-refractivity contribution in [3.63, 3.8) is 0 Å². The number of aliphatic hydroxyl groups is 1. The van der Waals surface area contributed by atoms with Crippen molar-refractivity contribution >= 4 is 0 Å². The fourth-order valence-corrected chi connectivity index (χ4v) is 4.43. The first kappa shape index (κ1) is 19.6. The number of β-amino-alcohol motifs (C(OH)–C–C–N with tert-alkyl or cyclic N) is 1. The van der Waals surface area contributed by atoms with Crippen molar-refractivity contribution in [2.75, 3.05) is 39.3 Å². The maximum Gasteiger partial charge on any atom is 0.0900 e. The van der Waals surface area contributed by atoms with Crippen LogP contribution in [0.15, 0.2) is 54.6 Å². The molecule has 0 bridgehead atoms. The minimum absolute atomic E-state index is 0.141. The van der Waals surface area contributed by atoms with Gasteiger partial charge in [-0.25, -0.2) is 0 Å². The zero-order chi connectivity index (χ0) is 19.2. The number of ether oxygens (including phenoxy) is 1. The van der Waals surface area contributed by atoms with E-state index in [-0.39, 0.29) is 6.10 Å². The zero-order valence-corrected chi connectivity index (χ0v) is 16.7. The number of aryl methyl sites for hydroxylation is 1. The molecule has 4 nitrogen and oxygen atoms in total. The molecule has 28 heavy (non-hydrogen) atoms. The third-order valence-corrected chi connectivity index (χ3v) is 5.99. The second-order valence-electron chi connectivity index (χ2n) is 8.13. The summed E-state index contributed by atoms with van der Waals surface area (Å²) in [6.07, 6.45) is 3.09. The monoisotopic (exact) mass is 380 g/mol. The van der Waals surface area contributed by atoms with Gasteiger partial charge in [-0.3, -0.25) is 9.80 Å². The third-order valence-electron chi connectivity index (χ3n) is 5.99. The topological polar surface area (TPSA) is 35.9 Å². The van der Waals surface area contributed by atoms with Gasteiger partial charge in [-0.05, 0) is 36.0 Å². The predicted octanol–water partition coefficient (Wildman–Crippen LogP) is 3.26. The maximum absolute atomic E-state index is 10.5. The molecule has 4 heteroatoms. The van der Waals surface area contributed by atoms with Crippen LogP contribution >= 0.6 is 0 Å². The fourth-order valence-electron chi connectivity index (χ4n) is 4.43. The van der Waals surface area contributed by atoms with Crippen LogP contribution in [0, 0.1) is 0 Å². The van der Waals surface area contributed by atoms with Crippen molar-refractivity contribution < 1.29 is 9.84 Å². The van der Waals surface area contributed by atoms with E-state index in [1.165, 1.54) is 23.1 Å². The SMILES string of the molecule is O[C@@H](CO[C@H]1CCCc2ccccc21)CN1CCN(Cc2ccccc2)CC1. The van der Waals surface area contributed by atoms with Crippen molar-refractivity contribution in [2.45, 2.75) is 38.0 Å². The lowest BCUT2D eigenvalue weighted by Gasteiger charge is -2.36. The Hall–Kier alpha value is -1.72. The van der Waals surface area contributed by atoms with Gasteiger partial charge in [0.25, 0.3) is 0 Å². The van der Waals surface area contributed by atoms with Gasteiger partial charge in [0.15, 0.2) is 0 Å². The predicted molar refractivity (Wildman–Crippen MR) is 112 cm³/mol. The molecule has 2 atom stereocenters. The molecule has 1 aliphatic heterocycles. The van der Waals surface area contributed by atoms with Crippen molar-refractivity contribution in [2.24, 2.45) is 0 Å². The van der Waals surface area contributed by atoms with Gasteiger partial charge >= 0.3 is 0 Å². The van der Waals surface area contributed by atoms with Crippen LogP contribution in [0.2, 0.25) is 0 Å². The molecule has 4 rings (SSSR count). The Balaban J connectivity index is 1.19. The normalized spacial score (nSPS) is 22.0. The number of nitrogens with zero attached hydrogens (tertiary/aromatic N) is 2. The van der Waals surface area contributed by atoms with Crippen LogP contribution in [0.5, 0.6) is 0 Å². The zero-order valence-electron chi connectivity index (χ0n) is 16.7. The Morgan fingerprint density at radius 3 is 2.46 bits per heavy atom. The average molecular weight is 381 g/mol. The quantitative estimate of drug-likeness (QED) is 0.800. The third kappa shape index (κ3) is 5.21. The molecule has 150 valence electrons. The number of benzene rings is 2. The van der Waals surface area contributed by atoms with Gasteiger partial charge in [0, 0.05) is 39.3 Å². The van der Waals surface area contributed by atoms with Crippen LogP contribution in [0.4, 0.5) is 0 Å². The molecule has 0 aromatic heterocycles. The second kappa shape index (κ2) is 9.66. The van der Waals surface area contributed by atoms with Crippen molar-refractivity contribution in [3.05, 3.63) is 71.3 Å². The van der Waals surface area contributed by atoms with Crippen LogP contribution in [-0.4, -0.2) is 60.3 Å². The first-order valence-corrected chi connectivity index (χ1v) is 10.6. The second-order valence-corrected chi connectivity index (χ2v) is 8.13. The standard InChI is InChI=1S/C24H32N2O2/c27-22(19-28-24-12-6-10-21-9-4-5-11-23(21)24)18-26-15-13-25(14-16-26)17-20-7-2-1-3-8-20/h1-5,7-9,11,22,24,27H,6,10,12-19H2/t22-,24+/m1/s1. The Bertz CT molecular complexity index is 728. The van der Waals surface area contributed by atoms with Gasteiger partial charge in [0.2, 0.25) is 0 Å². The van der Waals surface area contributed by atoms with Crippen molar-refractivity contribution in [1.29, 1.82) is 0 Å². The number of hydrogen-bond donors (Lipinski definition) is 1. The van der Waals surface area contributed by atoms with E-state index in [4.69, 9.17) is 4.74 Å². The highest BCUT2D eigenvalue weighted by Gasteiger charge is 2.23. The fraction of sp³-hybridized carbons (Fsp3) is 0.500. The Labute approximate surface area is 168 Å². The summed E-state index contributed by atoms with van der Waals surface area (Å²) in [5.74, 6) is 0. The van der Waals surface area contributed by atoms with Crippen molar-refractivity contribution in [1.82, 2.24) is 9.80 Å². The smallest absolute Gasteiger partial charge is 0.0900 e. The van der Waals surface area contributed by atoms with Crippen molar-refractivity contribution in [3.8, 4) is 0 Å². The van der Waals surface area contributed by atoms with E-state index in [9.17, 15) is 5.11 Å². The summed E-state index contributed by atoms with van der Waals surface area (Å²) in [5.41, 5.74) is 4.09. The largest absolute Gasteiger partial charge is 0.389 e. The van der Waals surface area contributed by atoms with Gasteiger partial charge < -0.3 is 9.84 Å². The number of rotatable bonds is 7. The molecule has 1 saturated heterocycles. The highest BCUT2D eigenvalue weighted by atomic mass is 16.5. The average Bonchev–Trinajstić information content (AvgIpc) is 2.74. The molecule has 0 radical (unpaired) electrons. The highest BCUT2D eigenvalue weighted by molar-refractivity contribution is 5.31. The van der Waals surface area contributed by atoms with E-state index in [1.807, 2.05) is 0 Å². The molecule has 1 heterocycles. The minimum Gasteiger partial charge on any atom is -0.389 e.